The van der Waals surface area contributed by atoms with Gasteiger partial charge in [0.25, 0.3) is 0 Å². The van der Waals surface area contributed by atoms with Crippen molar-refractivity contribution in [3.8, 4) is 16.9 Å². The van der Waals surface area contributed by atoms with E-state index in [-0.39, 0.29) is 10.6 Å². The third kappa shape index (κ3) is 6.05. The van der Waals surface area contributed by atoms with Gasteiger partial charge in [0.05, 0.1) is 18.1 Å². The average Bonchev–Trinajstić information content (AvgIpc) is 3.29. The summed E-state index contributed by atoms with van der Waals surface area (Å²) in [4.78, 5) is 15.5. The Kier molecular flexibility index (Phi) is 7.68. The van der Waals surface area contributed by atoms with Gasteiger partial charge in [-0.3, -0.25) is 4.79 Å². The highest BCUT2D eigenvalue weighted by molar-refractivity contribution is 8.01. The van der Waals surface area contributed by atoms with Gasteiger partial charge < -0.3 is 14.9 Å². The lowest BCUT2D eigenvalue weighted by Crippen LogP contribution is -2.49. The molecular weight excluding hydrogens is 460 g/mol. The van der Waals surface area contributed by atoms with Crippen LogP contribution in [0, 0.1) is 0 Å². The topological polar surface area (TPSA) is 126 Å². The van der Waals surface area contributed by atoms with E-state index < -0.39 is 28.1 Å². The second-order valence-corrected chi connectivity index (χ2v) is 10.2. The van der Waals surface area contributed by atoms with Gasteiger partial charge in [-0.15, -0.1) is 11.3 Å². The van der Waals surface area contributed by atoms with Gasteiger partial charge in [0.2, 0.25) is 10.0 Å². The van der Waals surface area contributed by atoms with Crippen LogP contribution in [-0.2, 0) is 14.8 Å². The quantitative estimate of drug-likeness (QED) is 0.378. The zero-order valence-corrected chi connectivity index (χ0v) is 18.8. The summed E-state index contributed by atoms with van der Waals surface area (Å²) in [6, 6.07) is 11.6. The van der Waals surface area contributed by atoms with Crippen LogP contribution in [0.1, 0.15) is 0 Å². The number of aliphatic carboxylic acids is 1. The molecular formula is C20H20N2O6S3. The van der Waals surface area contributed by atoms with E-state index in [2.05, 4.69) is 9.71 Å². The van der Waals surface area contributed by atoms with E-state index in [0.717, 1.165) is 22.9 Å². The molecule has 164 valence electrons. The maximum atomic E-state index is 12.7. The number of hydrogen-bond donors (Lipinski definition) is 3. The number of nitrogens with one attached hydrogen (secondary N) is 1. The molecule has 0 aliphatic carbocycles. The van der Waals surface area contributed by atoms with Gasteiger partial charge in [-0.1, -0.05) is 36.0 Å². The first-order valence-electron chi connectivity index (χ1n) is 9.00. The SMILES string of the molecule is COc1ccc(-c2ccc(S(=O)(=O)N[C@@H](C(=O)O)[C@H](O)CSc3nccs3)cc2)cc1. The van der Waals surface area contributed by atoms with Gasteiger partial charge in [-0.05, 0) is 35.4 Å². The monoisotopic (exact) mass is 480 g/mol. The van der Waals surface area contributed by atoms with Gasteiger partial charge in [-0.25, -0.2) is 13.4 Å². The molecule has 0 saturated carbocycles. The molecule has 1 heterocycles. The molecule has 0 fully saturated rings. The van der Waals surface area contributed by atoms with E-state index in [1.165, 1.54) is 23.5 Å². The number of benzene rings is 2. The van der Waals surface area contributed by atoms with Crippen molar-refractivity contribution in [2.45, 2.75) is 21.4 Å². The van der Waals surface area contributed by atoms with E-state index in [1.54, 1.807) is 43.0 Å². The van der Waals surface area contributed by atoms with Gasteiger partial charge in [0.1, 0.15) is 16.1 Å². The van der Waals surface area contributed by atoms with Crippen molar-refractivity contribution in [2.75, 3.05) is 12.9 Å². The van der Waals surface area contributed by atoms with Gasteiger partial charge in [0.15, 0.2) is 0 Å². The standard InChI is InChI=1S/C20H20N2O6S3/c1-28-15-6-2-13(3-7-15)14-4-8-16(9-5-14)31(26,27)22-18(19(24)25)17(23)12-30-20-21-10-11-29-20/h2-11,17-18,22-23H,12H2,1H3,(H,24,25)/t17-,18-/m1/s1. The maximum Gasteiger partial charge on any atom is 0.324 e. The molecule has 31 heavy (non-hydrogen) atoms. The van der Waals surface area contributed by atoms with Crippen LogP contribution in [0.15, 0.2) is 69.3 Å². The Morgan fingerprint density at radius 1 is 1.16 bits per heavy atom. The van der Waals surface area contributed by atoms with Crippen LogP contribution >= 0.6 is 23.1 Å². The van der Waals surface area contributed by atoms with Crippen LogP contribution in [0.2, 0.25) is 0 Å². The molecule has 0 amide bonds. The number of aliphatic hydroxyl groups excluding tert-OH is 1. The van der Waals surface area contributed by atoms with Gasteiger partial charge in [0, 0.05) is 17.3 Å². The Hall–Kier alpha value is -2.44. The number of thiazole rings is 1. The first-order valence-corrected chi connectivity index (χ1v) is 12.3. The van der Waals surface area contributed by atoms with Crippen molar-refractivity contribution in [3.05, 3.63) is 60.1 Å². The third-order valence-corrected chi connectivity index (χ3v) is 7.83. The molecule has 0 aliphatic rings. The molecule has 3 aromatic rings. The smallest absolute Gasteiger partial charge is 0.324 e. The predicted molar refractivity (Wildman–Crippen MR) is 119 cm³/mol. The van der Waals surface area contributed by atoms with E-state index in [4.69, 9.17) is 4.74 Å². The van der Waals surface area contributed by atoms with Crippen LogP contribution in [0.4, 0.5) is 0 Å². The van der Waals surface area contributed by atoms with Crippen LogP contribution in [-0.4, -0.2) is 54.6 Å². The molecule has 3 rings (SSSR count). The van der Waals surface area contributed by atoms with Crippen molar-refractivity contribution >= 4 is 39.1 Å². The van der Waals surface area contributed by atoms with E-state index >= 15 is 0 Å². The number of methoxy groups -OCH3 is 1. The number of sulfonamides is 1. The van der Waals surface area contributed by atoms with Gasteiger partial charge >= 0.3 is 5.97 Å². The summed E-state index contributed by atoms with van der Waals surface area (Å²) >= 11 is 2.50. The molecule has 0 radical (unpaired) electrons. The number of ether oxygens (including phenoxy) is 1. The van der Waals surface area contributed by atoms with Crippen molar-refractivity contribution in [1.82, 2.24) is 9.71 Å². The number of thioether (sulfide) groups is 1. The van der Waals surface area contributed by atoms with Crippen molar-refractivity contribution in [2.24, 2.45) is 0 Å². The second-order valence-electron chi connectivity index (χ2n) is 6.37. The minimum atomic E-state index is -4.16. The Balaban J connectivity index is 1.71. The van der Waals surface area contributed by atoms with Crippen molar-refractivity contribution < 1.29 is 28.2 Å². The van der Waals surface area contributed by atoms with E-state index in [9.17, 15) is 23.4 Å². The zero-order chi connectivity index (χ0) is 22.4. The lowest BCUT2D eigenvalue weighted by Gasteiger charge is -2.20. The fourth-order valence-corrected chi connectivity index (χ4v) is 5.54. The molecule has 2 atom stereocenters. The lowest BCUT2D eigenvalue weighted by atomic mass is 10.1. The van der Waals surface area contributed by atoms with Crippen LogP contribution < -0.4 is 9.46 Å². The largest absolute Gasteiger partial charge is 0.497 e. The predicted octanol–water partition coefficient (Wildman–Crippen LogP) is 2.70. The summed E-state index contributed by atoms with van der Waals surface area (Å²) in [5, 5.41) is 21.4. The molecule has 2 aromatic carbocycles. The Bertz CT molecular complexity index is 1100. The molecule has 0 aliphatic heterocycles. The number of hydrogen-bond acceptors (Lipinski definition) is 8. The minimum Gasteiger partial charge on any atom is -0.497 e. The van der Waals surface area contributed by atoms with E-state index in [0.29, 0.717) is 10.1 Å². The number of aromatic nitrogens is 1. The van der Waals surface area contributed by atoms with Crippen LogP contribution in [0.5, 0.6) is 5.75 Å². The Labute approximate surface area is 188 Å². The molecule has 3 N–H and O–H groups in total. The Morgan fingerprint density at radius 2 is 1.77 bits per heavy atom. The number of carboxylic acids is 1. The summed E-state index contributed by atoms with van der Waals surface area (Å²) in [7, 11) is -2.59. The first kappa shape index (κ1) is 23.2. The van der Waals surface area contributed by atoms with Crippen LogP contribution in [0.3, 0.4) is 0 Å². The Morgan fingerprint density at radius 3 is 2.29 bits per heavy atom. The molecule has 1 aromatic heterocycles. The minimum absolute atomic E-state index is 0.0244. The normalized spacial score (nSPS) is 13.5. The summed E-state index contributed by atoms with van der Waals surface area (Å²) in [6.45, 7) is 0. The summed E-state index contributed by atoms with van der Waals surface area (Å²) in [6.07, 6.45) is 0.145. The highest BCUT2D eigenvalue weighted by atomic mass is 32.2. The third-order valence-electron chi connectivity index (χ3n) is 4.31. The number of rotatable bonds is 10. The molecule has 11 heteroatoms. The molecule has 0 bridgehead atoms. The lowest BCUT2D eigenvalue weighted by molar-refractivity contribution is -0.141. The first-order chi connectivity index (χ1) is 14.8. The van der Waals surface area contributed by atoms with Crippen molar-refractivity contribution in [3.63, 3.8) is 0 Å². The summed E-state index contributed by atoms with van der Waals surface area (Å²) in [5.74, 6) is -0.784. The molecule has 0 saturated heterocycles. The van der Waals surface area contributed by atoms with Gasteiger partial charge in [-0.2, -0.15) is 4.72 Å². The average molecular weight is 481 g/mol. The number of aliphatic hydroxyl groups is 1. The van der Waals surface area contributed by atoms with E-state index in [1.807, 2.05) is 12.1 Å². The molecule has 8 nitrogen and oxygen atoms in total. The number of carbonyl (C=O) groups is 1. The maximum absolute atomic E-state index is 12.7. The fraction of sp³-hybridized carbons (Fsp3) is 0.200. The molecule has 0 unspecified atom stereocenters. The second kappa shape index (κ2) is 10.2. The van der Waals surface area contributed by atoms with Crippen LogP contribution in [0.25, 0.3) is 11.1 Å². The van der Waals surface area contributed by atoms with Crippen molar-refractivity contribution in [1.29, 1.82) is 0 Å². The summed E-state index contributed by atoms with van der Waals surface area (Å²) < 4.78 is 33.3. The molecule has 0 spiro atoms. The highest BCUT2D eigenvalue weighted by Crippen LogP contribution is 2.25. The summed E-state index contributed by atoms with van der Waals surface area (Å²) in [5.41, 5.74) is 1.66. The highest BCUT2D eigenvalue weighted by Gasteiger charge is 2.32. The fourth-order valence-electron chi connectivity index (χ4n) is 2.67. The number of nitrogens with zero attached hydrogens (tertiary/aromatic N) is 1. The zero-order valence-electron chi connectivity index (χ0n) is 16.3. The number of carboxylic acid groups (broad SMARTS) is 1.